The topological polar surface area (TPSA) is 79.0 Å². The number of nitro groups is 1. The molecule has 1 N–H and O–H groups in total. The number of para-hydroxylation sites is 1. The fraction of sp³-hybridized carbons (Fsp3) is 0.533. The molecule has 1 saturated carbocycles. The van der Waals surface area contributed by atoms with Gasteiger partial charge in [-0.05, 0) is 30.4 Å². The SMILES string of the molecule is CC1(C)CCCCC1Nc1cccc(C#N)c1[N+](=O)[O-]. The van der Waals surface area contributed by atoms with Crippen LogP contribution in [0.4, 0.5) is 11.4 Å². The Labute approximate surface area is 118 Å². The van der Waals surface area contributed by atoms with Crippen molar-refractivity contribution in [2.45, 2.75) is 45.6 Å². The van der Waals surface area contributed by atoms with Crippen molar-refractivity contribution in [3.8, 4) is 6.07 Å². The van der Waals surface area contributed by atoms with Gasteiger partial charge >= 0.3 is 5.69 Å². The Bertz CT molecular complexity index is 561. The molecule has 1 aromatic carbocycles. The lowest BCUT2D eigenvalue weighted by Gasteiger charge is -2.39. The van der Waals surface area contributed by atoms with Gasteiger partial charge in [-0.25, -0.2) is 0 Å². The molecule has 0 radical (unpaired) electrons. The van der Waals surface area contributed by atoms with Crippen molar-refractivity contribution in [2.75, 3.05) is 5.32 Å². The Kier molecular flexibility index (Phi) is 3.93. The van der Waals surface area contributed by atoms with Crippen LogP contribution in [0.3, 0.4) is 0 Å². The molecule has 0 spiro atoms. The van der Waals surface area contributed by atoms with E-state index in [1.165, 1.54) is 12.5 Å². The van der Waals surface area contributed by atoms with E-state index in [0.29, 0.717) is 5.69 Å². The summed E-state index contributed by atoms with van der Waals surface area (Å²) in [6.45, 7) is 4.37. The van der Waals surface area contributed by atoms with Crippen LogP contribution in [-0.4, -0.2) is 11.0 Å². The fourth-order valence-corrected chi connectivity index (χ4v) is 2.90. The minimum atomic E-state index is -0.475. The third kappa shape index (κ3) is 2.74. The van der Waals surface area contributed by atoms with E-state index in [1.54, 1.807) is 12.1 Å². The van der Waals surface area contributed by atoms with Crippen molar-refractivity contribution in [1.29, 1.82) is 5.26 Å². The second-order valence-corrected chi connectivity index (χ2v) is 6.00. The number of hydrogen-bond donors (Lipinski definition) is 1. The highest BCUT2D eigenvalue weighted by molar-refractivity contribution is 5.68. The minimum Gasteiger partial charge on any atom is -0.376 e. The van der Waals surface area contributed by atoms with Gasteiger partial charge in [-0.3, -0.25) is 10.1 Å². The number of nitrogens with one attached hydrogen (secondary N) is 1. The van der Waals surface area contributed by atoms with E-state index in [0.717, 1.165) is 19.3 Å². The monoisotopic (exact) mass is 273 g/mol. The first-order chi connectivity index (χ1) is 9.45. The molecule has 1 atom stereocenters. The Morgan fingerprint density at radius 3 is 2.80 bits per heavy atom. The Balaban J connectivity index is 2.34. The lowest BCUT2D eigenvalue weighted by atomic mass is 9.73. The summed E-state index contributed by atoms with van der Waals surface area (Å²) in [6.07, 6.45) is 4.44. The molecule has 1 aromatic rings. The van der Waals surface area contributed by atoms with Gasteiger partial charge in [0.2, 0.25) is 0 Å². The minimum absolute atomic E-state index is 0.105. The summed E-state index contributed by atoms with van der Waals surface area (Å²) in [5, 5.41) is 23.5. The average molecular weight is 273 g/mol. The smallest absolute Gasteiger partial charge is 0.309 e. The molecule has 1 unspecified atom stereocenters. The van der Waals surface area contributed by atoms with Crippen molar-refractivity contribution in [3.63, 3.8) is 0 Å². The molecular weight excluding hydrogens is 254 g/mol. The van der Waals surface area contributed by atoms with Gasteiger partial charge in [0, 0.05) is 6.04 Å². The van der Waals surface area contributed by atoms with Crippen molar-refractivity contribution >= 4 is 11.4 Å². The summed E-state index contributed by atoms with van der Waals surface area (Å²) in [7, 11) is 0. The van der Waals surface area contributed by atoms with Crippen LogP contribution in [0.25, 0.3) is 0 Å². The zero-order valence-electron chi connectivity index (χ0n) is 11.8. The zero-order chi connectivity index (χ0) is 14.8. The van der Waals surface area contributed by atoms with Crippen molar-refractivity contribution in [3.05, 3.63) is 33.9 Å². The van der Waals surface area contributed by atoms with E-state index in [9.17, 15) is 10.1 Å². The van der Waals surface area contributed by atoms with Crippen LogP contribution in [0, 0.1) is 26.9 Å². The number of nitro benzene ring substituents is 1. The van der Waals surface area contributed by atoms with Gasteiger partial charge in [0.15, 0.2) is 0 Å². The second kappa shape index (κ2) is 5.49. The van der Waals surface area contributed by atoms with Crippen LogP contribution in [-0.2, 0) is 0 Å². The molecule has 0 heterocycles. The van der Waals surface area contributed by atoms with Gasteiger partial charge in [0.05, 0.1) is 4.92 Å². The molecule has 20 heavy (non-hydrogen) atoms. The summed E-state index contributed by atoms with van der Waals surface area (Å²) < 4.78 is 0. The van der Waals surface area contributed by atoms with Crippen LogP contribution in [0.5, 0.6) is 0 Å². The molecule has 5 nitrogen and oxygen atoms in total. The van der Waals surface area contributed by atoms with Crippen molar-refractivity contribution < 1.29 is 4.92 Å². The third-order valence-corrected chi connectivity index (χ3v) is 4.18. The van der Waals surface area contributed by atoms with Gasteiger partial charge in [-0.15, -0.1) is 0 Å². The molecule has 0 bridgehead atoms. The maximum atomic E-state index is 11.2. The molecule has 0 saturated heterocycles. The molecule has 1 fully saturated rings. The zero-order valence-corrected chi connectivity index (χ0v) is 11.8. The predicted octanol–water partition coefficient (Wildman–Crippen LogP) is 3.85. The molecule has 5 heteroatoms. The Morgan fingerprint density at radius 1 is 1.45 bits per heavy atom. The summed E-state index contributed by atoms with van der Waals surface area (Å²) in [5.74, 6) is 0. The molecule has 106 valence electrons. The Hall–Kier alpha value is -2.09. The van der Waals surface area contributed by atoms with Crippen LogP contribution >= 0.6 is 0 Å². The molecular formula is C15H19N3O2. The van der Waals surface area contributed by atoms with Crippen LogP contribution in [0.15, 0.2) is 18.2 Å². The lowest BCUT2D eigenvalue weighted by Crippen LogP contribution is -2.39. The molecule has 1 aliphatic carbocycles. The van der Waals surface area contributed by atoms with Crippen LogP contribution in [0.2, 0.25) is 0 Å². The van der Waals surface area contributed by atoms with E-state index < -0.39 is 4.92 Å². The maximum absolute atomic E-state index is 11.2. The molecule has 0 amide bonds. The molecule has 1 aliphatic rings. The second-order valence-electron chi connectivity index (χ2n) is 6.00. The fourth-order valence-electron chi connectivity index (χ4n) is 2.90. The van der Waals surface area contributed by atoms with E-state index in [1.807, 2.05) is 6.07 Å². The predicted molar refractivity (Wildman–Crippen MR) is 77.5 cm³/mol. The van der Waals surface area contributed by atoms with E-state index in [4.69, 9.17) is 5.26 Å². The first kappa shape index (κ1) is 14.3. The third-order valence-electron chi connectivity index (χ3n) is 4.18. The highest BCUT2D eigenvalue weighted by Gasteiger charge is 2.33. The van der Waals surface area contributed by atoms with Gasteiger partial charge in [-0.1, -0.05) is 32.8 Å². The highest BCUT2D eigenvalue weighted by atomic mass is 16.6. The standard InChI is InChI=1S/C15H19N3O2/c1-15(2)9-4-3-8-13(15)17-12-7-5-6-11(10-16)14(12)18(19)20/h5-7,13,17H,3-4,8-9H2,1-2H3. The number of nitrogens with zero attached hydrogens (tertiary/aromatic N) is 2. The average Bonchev–Trinajstić information content (AvgIpc) is 2.40. The number of hydrogen-bond acceptors (Lipinski definition) is 4. The number of benzene rings is 1. The highest BCUT2D eigenvalue weighted by Crippen LogP contribution is 2.39. The number of rotatable bonds is 3. The number of nitriles is 1. The van der Waals surface area contributed by atoms with Gasteiger partial charge in [-0.2, -0.15) is 5.26 Å². The van der Waals surface area contributed by atoms with Gasteiger partial charge < -0.3 is 5.32 Å². The quantitative estimate of drug-likeness (QED) is 0.670. The lowest BCUT2D eigenvalue weighted by molar-refractivity contribution is -0.384. The molecule has 2 rings (SSSR count). The van der Waals surface area contributed by atoms with Crippen LogP contribution in [0.1, 0.15) is 45.1 Å². The summed E-state index contributed by atoms with van der Waals surface area (Å²) >= 11 is 0. The summed E-state index contributed by atoms with van der Waals surface area (Å²) in [4.78, 5) is 10.7. The van der Waals surface area contributed by atoms with Gasteiger partial charge in [0.1, 0.15) is 17.3 Å². The maximum Gasteiger partial charge on any atom is 0.309 e. The van der Waals surface area contributed by atoms with Crippen molar-refractivity contribution in [2.24, 2.45) is 5.41 Å². The first-order valence-corrected chi connectivity index (χ1v) is 6.90. The van der Waals surface area contributed by atoms with E-state index in [-0.39, 0.29) is 22.7 Å². The normalized spacial score (nSPS) is 20.9. The van der Waals surface area contributed by atoms with Gasteiger partial charge in [0.25, 0.3) is 0 Å². The van der Waals surface area contributed by atoms with Crippen LogP contribution < -0.4 is 5.32 Å². The molecule has 0 aromatic heterocycles. The number of anilines is 1. The Morgan fingerprint density at radius 2 is 2.20 bits per heavy atom. The first-order valence-electron chi connectivity index (χ1n) is 6.90. The molecule has 0 aliphatic heterocycles. The summed E-state index contributed by atoms with van der Waals surface area (Å²) in [6, 6.07) is 6.94. The summed E-state index contributed by atoms with van der Waals surface area (Å²) in [5.41, 5.74) is 0.549. The largest absolute Gasteiger partial charge is 0.376 e. The van der Waals surface area contributed by atoms with Crippen molar-refractivity contribution in [1.82, 2.24) is 0 Å². The van der Waals surface area contributed by atoms with E-state index >= 15 is 0 Å². The van der Waals surface area contributed by atoms with E-state index in [2.05, 4.69) is 19.2 Å².